The average molecular weight is 344 g/mol. The first-order valence-corrected chi connectivity index (χ1v) is 7.04. The monoisotopic (exact) mass is 344 g/mol. The summed E-state index contributed by atoms with van der Waals surface area (Å²) in [5.74, 6) is 0.0315. The van der Waals surface area contributed by atoms with Gasteiger partial charge in [0, 0.05) is 21.2 Å². The lowest BCUT2D eigenvalue weighted by Gasteiger charge is -2.30. The molecule has 2 unspecified atom stereocenters. The molecule has 3 nitrogen and oxygen atoms in total. The summed E-state index contributed by atoms with van der Waals surface area (Å²) in [6, 6.07) is 8.28. The van der Waals surface area contributed by atoms with Crippen molar-refractivity contribution in [3.8, 4) is 0 Å². The second kappa shape index (κ2) is 5.82. The Balaban J connectivity index is 2.01. The normalized spacial score (nSPS) is 24.4. The van der Waals surface area contributed by atoms with Gasteiger partial charge < -0.3 is 10.6 Å². The Morgan fingerprint density at radius 1 is 1.53 bits per heavy atom. The zero-order valence-corrected chi connectivity index (χ0v) is 12.0. The topological polar surface area (TPSA) is 41.1 Å². The molecule has 92 valence electrons. The minimum Gasteiger partial charge on any atom is -0.348 e. The Morgan fingerprint density at radius 2 is 2.35 bits per heavy atom. The van der Waals surface area contributed by atoms with Crippen LogP contribution in [0, 0.1) is 3.57 Å². The number of benzene rings is 1. The number of nitrogens with one attached hydrogen (secondary N) is 2. The van der Waals surface area contributed by atoms with Crippen molar-refractivity contribution in [3.63, 3.8) is 0 Å². The van der Waals surface area contributed by atoms with Crippen LogP contribution >= 0.6 is 22.6 Å². The fraction of sp³-hybridized carbons (Fsp3) is 0.462. The van der Waals surface area contributed by atoms with Crippen LogP contribution in [-0.2, 0) is 0 Å². The van der Waals surface area contributed by atoms with E-state index in [0.717, 1.165) is 28.5 Å². The van der Waals surface area contributed by atoms with Crippen molar-refractivity contribution < 1.29 is 4.79 Å². The molecule has 2 atom stereocenters. The lowest BCUT2D eigenvalue weighted by molar-refractivity contribution is 0.0920. The van der Waals surface area contributed by atoms with Crippen LogP contribution in [0.15, 0.2) is 24.3 Å². The summed E-state index contributed by atoms with van der Waals surface area (Å²) in [7, 11) is 0. The van der Waals surface area contributed by atoms with Crippen LogP contribution in [0.25, 0.3) is 0 Å². The van der Waals surface area contributed by atoms with E-state index in [0.29, 0.717) is 6.04 Å². The highest BCUT2D eigenvalue weighted by Gasteiger charge is 2.22. The molecule has 1 fully saturated rings. The largest absolute Gasteiger partial charge is 0.348 e. The van der Waals surface area contributed by atoms with Crippen LogP contribution in [-0.4, -0.2) is 24.5 Å². The zero-order chi connectivity index (χ0) is 12.3. The van der Waals surface area contributed by atoms with Gasteiger partial charge in [0.25, 0.3) is 5.91 Å². The van der Waals surface area contributed by atoms with Crippen molar-refractivity contribution in [2.75, 3.05) is 6.54 Å². The first-order valence-electron chi connectivity index (χ1n) is 5.96. The summed E-state index contributed by atoms with van der Waals surface area (Å²) in [6.45, 7) is 3.18. The summed E-state index contributed by atoms with van der Waals surface area (Å²) in [5, 5.41) is 6.49. The van der Waals surface area contributed by atoms with E-state index in [1.807, 2.05) is 24.3 Å². The Morgan fingerprint density at radius 3 is 3.06 bits per heavy atom. The van der Waals surface area contributed by atoms with Crippen molar-refractivity contribution in [3.05, 3.63) is 33.4 Å². The molecule has 0 saturated carbocycles. The predicted octanol–water partition coefficient (Wildman–Crippen LogP) is 2.16. The number of amides is 1. The number of piperidine rings is 1. The lowest BCUT2D eigenvalue weighted by atomic mass is 9.99. The van der Waals surface area contributed by atoms with E-state index in [1.54, 1.807) is 0 Å². The Hall–Kier alpha value is -0.620. The molecular weight excluding hydrogens is 327 g/mol. The highest BCUT2D eigenvalue weighted by molar-refractivity contribution is 14.1. The molecule has 0 bridgehead atoms. The summed E-state index contributed by atoms with van der Waals surface area (Å²) < 4.78 is 1.09. The van der Waals surface area contributed by atoms with Crippen molar-refractivity contribution in [1.29, 1.82) is 0 Å². The van der Waals surface area contributed by atoms with Crippen molar-refractivity contribution in [2.45, 2.75) is 31.8 Å². The van der Waals surface area contributed by atoms with E-state index < -0.39 is 0 Å². The molecule has 1 aromatic carbocycles. The molecule has 0 aliphatic carbocycles. The molecule has 4 heteroatoms. The van der Waals surface area contributed by atoms with Crippen LogP contribution in [0.1, 0.15) is 30.1 Å². The smallest absolute Gasteiger partial charge is 0.251 e. The van der Waals surface area contributed by atoms with E-state index in [9.17, 15) is 4.79 Å². The number of hydrogen-bond donors (Lipinski definition) is 2. The third kappa shape index (κ3) is 3.42. The van der Waals surface area contributed by atoms with Crippen LogP contribution in [0.2, 0.25) is 0 Å². The molecule has 1 saturated heterocycles. The van der Waals surface area contributed by atoms with E-state index in [1.165, 1.54) is 0 Å². The molecule has 0 radical (unpaired) electrons. The molecule has 1 aliphatic heterocycles. The van der Waals surface area contributed by atoms with Gasteiger partial charge in [-0.1, -0.05) is 6.07 Å². The van der Waals surface area contributed by atoms with Gasteiger partial charge in [0.2, 0.25) is 0 Å². The Labute approximate surface area is 116 Å². The maximum absolute atomic E-state index is 12.1. The highest BCUT2D eigenvalue weighted by Crippen LogP contribution is 2.11. The number of carbonyl (C=O) groups is 1. The molecule has 1 amide bonds. The molecule has 2 rings (SSSR count). The van der Waals surface area contributed by atoms with Gasteiger partial charge in [0.15, 0.2) is 0 Å². The minimum atomic E-state index is 0.0315. The third-order valence-corrected chi connectivity index (χ3v) is 3.84. The summed E-state index contributed by atoms with van der Waals surface area (Å²) >= 11 is 2.22. The van der Waals surface area contributed by atoms with Gasteiger partial charge in [0.05, 0.1) is 0 Å². The first kappa shape index (κ1) is 12.8. The standard InChI is InChI=1S/C13H17IN2O/c1-9-12(6-3-7-15-9)16-13(17)10-4-2-5-11(14)8-10/h2,4-5,8-9,12,15H,3,6-7H2,1H3,(H,16,17). The van der Waals surface area contributed by atoms with Gasteiger partial charge >= 0.3 is 0 Å². The zero-order valence-electron chi connectivity index (χ0n) is 9.87. The minimum absolute atomic E-state index is 0.0315. The number of hydrogen-bond acceptors (Lipinski definition) is 2. The second-order valence-electron chi connectivity index (χ2n) is 4.48. The predicted molar refractivity (Wildman–Crippen MR) is 77.1 cm³/mol. The van der Waals surface area contributed by atoms with E-state index in [2.05, 4.69) is 40.1 Å². The van der Waals surface area contributed by atoms with Crippen LogP contribution in [0.5, 0.6) is 0 Å². The van der Waals surface area contributed by atoms with Gasteiger partial charge in [-0.3, -0.25) is 4.79 Å². The van der Waals surface area contributed by atoms with E-state index in [-0.39, 0.29) is 11.9 Å². The molecule has 17 heavy (non-hydrogen) atoms. The van der Waals surface area contributed by atoms with Crippen LogP contribution in [0.3, 0.4) is 0 Å². The van der Waals surface area contributed by atoms with Crippen molar-refractivity contribution in [1.82, 2.24) is 10.6 Å². The van der Waals surface area contributed by atoms with Gasteiger partial charge in [-0.15, -0.1) is 0 Å². The summed E-state index contributed by atoms with van der Waals surface area (Å²) in [6.07, 6.45) is 2.19. The third-order valence-electron chi connectivity index (χ3n) is 3.17. The molecule has 2 N–H and O–H groups in total. The van der Waals surface area contributed by atoms with Crippen LogP contribution < -0.4 is 10.6 Å². The van der Waals surface area contributed by atoms with E-state index in [4.69, 9.17) is 0 Å². The molecule has 1 aliphatic rings. The Kier molecular flexibility index (Phi) is 4.39. The van der Waals surface area contributed by atoms with E-state index >= 15 is 0 Å². The van der Waals surface area contributed by atoms with Crippen LogP contribution in [0.4, 0.5) is 0 Å². The Bertz CT molecular complexity index is 408. The van der Waals surface area contributed by atoms with Gasteiger partial charge in [-0.2, -0.15) is 0 Å². The molecule has 0 spiro atoms. The van der Waals surface area contributed by atoms with Gasteiger partial charge in [-0.05, 0) is 67.1 Å². The van der Waals surface area contributed by atoms with Crippen molar-refractivity contribution >= 4 is 28.5 Å². The quantitative estimate of drug-likeness (QED) is 0.808. The fourth-order valence-electron chi connectivity index (χ4n) is 2.12. The van der Waals surface area contributed by atoms with Gasteiger partial charge in [-0.25, -0.2) is 0 Å². The average Bonchev–Trinajstić information content (AvgIpc) is 2.32. The van der Waals surface area contributed by atoms with Gasteiger partial charge in [0.1, 0.15) is 0 Å². The van der Waals surface area contributed by atoms with Crippen molar-refractivity contribution in [2.24, 2.45) is 0 Å². The second-order valence-corrected chi connectivity index (χ2v) is 5.72. The summed E-state index contributed by atoms with van der Waals surface area (Å²) in [5.41, 5.74) is 0.745. The lowest BCUT2D eigenvalue weighted by Crippen LogP contribution is -2.51. The summed E-state index contributed by atoms with van der Waals surface area (Å²) in [4.78, 5) is 12.1. The first-order chi connectivity index (χ1) is 8.16. The molecular formula is C13H17IN2O. The molecule has 0 aromatic heterocycles. The molecule has 1 aromatic rings. The number of carbonyl (C=O) groups excluding carboxylic acids is 1. The highest BCUT2D eigenvalue weighted by atomic mass is 127. The number of rotatable bonds is 2. The maximum atomic E-state index is 12.1. The maximum Gasteiger partial charge on any atom is 0.251 e. The fourth-order valence-corrected chi connectivity index (χ4v) is 2.67. The molecule has 1 heterocycles. The SMILES string of the molecule is CC1NCCCC1NC(=O)c1cccc(I)c1. The number of halogens is 1.